The summed E-state index contributed by atoms with van der Waals surface area (Å²) >= 11 is 1.32. The van der Waals surface area contributed by atoms with Crippen LogP contribution in [0, 0.1) is 0 Å². The second-order valence-corrected chi connectivity index (χ2v) is 7.25. The third-order valence-corrected chi connectivity index (χ3v) is 5.01. The first-order valence-electron chi connectivity index (χ1n) is 8.58. The molecule has 0 fully saturated rings. The Balaban J connectivity index is 1.51. The first-order valence-corrected chi connectivity index (χ1v) is 9.57. The first kappa shape index (κ1) is 18.8. The Morgan fingerprint density at radius 2 is 1.85 bits per heavy atom. The van der Waals surface area contributed by atoms with Crippen LogP contribution in [0.25, 0.3) is 11.3 Å². The fraction of sp³-hybridized carbons (Fsp3) is 0.200. The molecule has 140 valence electrons. The zero-order valence-electron chi connectivity index (χ0n) is 15.4. The molecule has 0 spiro atoms. The number of benzene rings is 2. The van der Waals surface area contributed by atoms with Crippen molar-refractivity contribution in [1.82, 2.24) is 15.0 Å². The van der Waals surface area contributed by atoms with Crippen LogP contribution in [0.3, 0.4) is 0 Å². The van der Waals surface area contributed by atoms with Crippen molar-refractivity contribution in [3.05, 3.63) is 66.4 Å². The Morgan fingerprint density at radius 1 is 1.15 bits per heavy atom. The lowest BCUT2D eigenvalue weighted by atomic mass is 10.2. The van der Waals surface area contributed by atoms with Gasteiger partial charge in [-0.25, -0.2) is 9.66 Å². The van der Waals surface area contributed by atoms with Gasteiger partial charge in [0, 0.05) is 31.9 Å². The third-order valence-electron chi connectivity index (χ3n) is 4.04. The topological polar surface area (TPSA) is 76.2 Å². The van der Waals surface area contributed by atoms with Gasteiger partial charge in [-0.1, -0.05) is 54.2 Å². The van der Waals surface area contributed by atoms with E-state index in [1.165, 1.54) is 16.4 Å². The van der Waals surface area contributed by atoms with Gasteiger partial charge >= 0.3 is 0 Å². The van der Waals surface area contributed by atoms with E-state index in [1.54, 1.807) is 6.20 Å². The molecule has 1 aromatic heterocycles. The molecule has 0 radical (unpaired) electrons. The summed E-state index contributed by atoms with van der Waals surface area (Å²) in [6.45, 7) is 0.499. The lowest BCUT2D eigenvalue weighted by molar-refractivity contribution is -0.118. The van der Waals surface area contributed by atoms with Crippen molar-refractivity contribution in [2.75, 3.05) is 30.6 Å². The zero-order valence-corrected chi connectivity index (χ0v) is 16.2. The summed E-state index contributed by atoms with van der Waals surface area (Å²) in [4.78, 5) is 18.7. The molecule has 0 aliphatic heterocycles. The highest BCUT2D eigenvalue weighted by molar-refractivity contribution is 7.99. The fourth-order valence-electron chi connectivity index (χ4n) is 2.53. The maximum Gasteiger partial charge on any atom is 0.230 e. The van der Waals surface area contributed by atoms with Gasteiger partial charge in [0.1, 0.15) is 0 Å². The van der Waals surface area contributed by atoms with Crippen molar-refractivity contribution in [2.24, 2.45) is 0 Å². The van der Waals surface area contributed by atoms with Gasteiger partial charge in [0.2, 0.25) is 5.91 Å². The average molecular weight is 382 g/mol. The largest absolute Gasteiger partial charge is 0.378 e. The van der Waals surface area contributed by atoms with Crippen LogP contribution in [0.2, 0.25) is 0 Å². The lowest BCUT2D eigenvalue weighted by Crippen LogP contribution is -2.25. The number of rotatable bonds is 7. The Labute approximate surface area is 163 Å². The number of anilines is 1. The van der Waals surface area contributed by atoms with E-state index in [-0.39, 0.29) is 11.7 Å². The third kappa shape index (κ3) is 5.04. The summed E-state index contributed by atoms with van der Waals surface area (Å²) in [5.74, 6) is 6.17. The number of hydrogen-bond donors (Lipinski definition) is 2. The van der Waals surface area contributed by atoms with Crippen LogP contribution < -0.4 is 16.1 Å². The predicted octanol–water partition coefficient (Wildman–Crippen LogP) is 2.74. The molecule has 0 atom stereocenters. The Bertz CT molecular complexity index is 890. The van der Waals surface area contributed by atoms with Crippen molar-refractivity contribution in [3.8, 4) is 11.3 Å². The van der Waals surface area contributed by atoms with Crippen molar-refractivity contribution in [2.45, 2.75) is 11.7 Å². The molecular formula is C20H23N5OS. The van der Waals surface area contributed by atoms with Crippen LogP contribution in [0.4, 0.5) is 5.69 Å². The van der Waals surface area contributed by atoms with Gasteiger partial charge in [-0.05, 0) is 17.7 Å². The SMILES string of the molecule is CN(C)c1ccc(CNC(=O)CSc2nc(-c3ccccc3)cn2N)cc1. The minimum absolute atomic E-state index is 0.0547. The van der Waals surface area contributed by atoms with Crippen molar-refractivity contribution < 1.29 is 4.79 Å². The molecule has 3 aromatic rings. The van der Waals surface area contributed by atoms with E-state index in [0.29, 0.717) is 11.7 Å². The highest BCUT2D eigenvalue weighted by Crippen LogP contribution is 2.22. The van der Waals surface area contributed by atoms with Crippen molar-refractivity contribution in [3.63, 3.8) is 0 Å². The molecule has 0 aliphatic rings. The number of imidazole rings is 1. The highest BCUT2D eigenvalue weighted by Gasteiger charge is 2.11. The van der Waals surface area contributed by atoms with Crippen LogP contribution in [-0.4, -0.2) is 35.4 Å². The molecule has 2 aromatic carbocycles. The van der Waals surface area contributed by atoms with Crippen LogP contribution >= 0.6 is 11.8 Å². The lowest BCUT2D eigenvalue weighted by Gasteiger charge is -2.12. The molecule has 0 aliphatic carbocycles. The zero-order chi connectivity index (χ0) is 19.2. The maximum absolute atomic E-state index is 12.1. The van der Waals surface area contributed by atoms with Gasteiger partial charge in [0.15, 0.2) is 5.16 Å². The highest BCUT2D eigenvalue weighted by atomic mass is 32.2. The number of carbonyl (C=O) groups excluding carboxylic acids is 1. The number of hydrogen-bond acceptors (Lipinski definition) is 5. The van der Waals surface area contributed by atoms with Gasteiger partial charge in [0.25, 0.3) is 0 Å². The Morgan fingerprint density at radius 3 is 2.52 bits per heavy atom. The average Bonchev–Trinajstić information content (AvgIpc) is 3.06. The number of thioether (sulfide) groups is 1. The van der Waals surface area contributed by atoms with E-state index in [1.807, 2.05) is 73.6 Å². The molecule has 0 bridgehead atoms. The van der Waals surface area contributed by atoms with Crippen LogP contribution in [0.5, 0.6) is 0 Å². The van der Waals surface area contributed by atoms with E-state index in [9.17, 15) is 4.79 Å². The molecule has 1 amide bonds. The van der Waals surface area contributed by atoms with Crippen LogP contribution in [0.1, 0.15) is 5.56 Å². The second-order valence-electron chi connectivity index (χ2n) is 6.31. The smallest absolute Gasteiger partial charge is 0.230 e. The number of nitrogens with zero attached hydrogens (tertiary/aromatic N) is 3. The van der Waals surface area contributed by atoms with E-state index >= 15 is 0 Å². The summed E-state index contributed by atoms with van der Waals surface area (Å²) in [7, 11) is 4.00. The number of carbonyl (C=O) groups is 1. The molecule has 27 heavy (non-hydrogen) atoms. The summed E-state index contributed by atoms with van der Waals surface area (Å²) in [6.07, 6.45) is 1.77. The molecule has 6 nitrogen and oxygen atoms in total. The molecule has 3 rings (SSSR count). The summed E-state index contributed by atoms with van der Waals surface area (Å²) in [5.41, 5.74) is 3.98. The molecule has 3 N–H and O–H groups in total. The monoisotopic (exact) mass is 381 g/mol. The van der Waals surface area contributed by atoms with E-state index < -0.39 is 0 Å². The summed E-state index contributed by atoms with van der Waals surface area (Å²) in [5, 5.41) is 3.54. The van der Waals surface area contributed by atoms with Gasteiger partial charge in [0.05, 0.1) is 17.6 Å². The normalized spacial score (nSPS) is 10.6. The summed E-state index contributed by atoms with van der Waals surface area (Å²) < 4.78 is 1.46. The number of aromatic nitrogens is 2. The molecule has 0 saturated carbocycles. The Hall–Kier alpha value is -2.93. The van der Waals surface area contributed by atoms with Crippen LogP contribution in [0.15, 0.2) is 66.0 Å². The van der Waals surface area contributed by atoms with Gasteiger partial charge in [-0.3, -0.25) is 4.79 Å². The molecule has 0 saturated heterocycles. The van der Waals surface area contributed by atoms with Crippen molar-refractivity contribution >= 4 is 23.4 Å². The molecule has 1 heterocycles. The molecular weight excluding hydrogens is 358 g/mol. The van der Waals surface area contributed by atoms with Gasteiger partial charge in [-0.15, -0.1) is 0 Å². The first-order chi connectivity index (χ1) is 13.0. The minimum atomic E-state index is -0.0547. The number of amides is 1. The van der Waals surface area contributed by atoms with Crippen molar-refractivity contribution in [1.29, 1.82) is 0 Å². The standard InChI is InChI=1S/C20H23N5OS/c1-24(2)17-10-8-15(9-11-17)12-22-19(26)14-27-20-23-18(13-25(20)21)16-6-4-3-5-7-16/h3-11,13H,12,14,21H2,1-2H3,(H,22,26). The minimum Gasteiger partial charge on any atom is -0.378 e. The predicted molar refractivity (Wildman–Crippen MR) is 111 cm³/mol. The van der Waals surface area contributed by atoms with Gasteiger partial charge in [-0.2, -0.15) is 0 Å². The fourth-order valence-corrected chi connectivity index (χ4v) is 3.25. The number of nitrogens with two attached hydrogens (primary N) is 1. The second kappa shape index (κ2) is 8.64. The Kier molecular flexibility index (Phi) is 6.03. The van der Waals surface area contributed by atoms with Crippen LogP contribution in [-0.2, 0) is 11.3 Å². The van der Waals surface area contributed by atoms with E-state index in [4.69, 9.17) is 5.84 Å². The van der Waals surface area contributed by atoms with E-state index in [2.05, 4.69) is 10.3 Å². The number of nitrogen functional groups attached to an aromatic ring is 1. The number of nitrogens with one attached hydrogen (secondary N) is 1. The van der Waals surface area contributed by atoms with E-state index in [0.717, 1.165) is 22.5 Å². The maximum atomic E-state index is 12.1. The molecule has 7 heteroatoms. The summed E-state index contributed by atoms with van der Waals surface area (Å²) in [6, 6.07) is 17.9. The quantitative estimate of drug-likeness (QED) is 0.486. The molecule has 0 unspecified atom stereocenters. The van der Waals surface area contributed by atoms with Gasteiger partial charge < -0.3 is 16.1 Å².